The average molecular weight is 230 g/mol. The van der Waals surface area contributed by atoms with Gasteiger partial charge in [-0.3, -0.25) is 4.79 Å². The van der Waals surface area contributed by atoms with Crippen LogP contribution in [0.15, 0.2) is 18.2 Å². The molecule has 0 atom stereocenters. The highest BCUT2D eigenvalue weighted by molar-refractivity contribution is 5.98. The van der Waals surface area contributed by atoms with Gasteiger partial charge in [-0.1, -0.05) is 19.9 Å². The molecule has 1 aromatic carbocycles. The smallest absolute Gasteiger partial charge is 0.265 e. The fourth-order valence-electron chi connectivity index (χ4n) is 2.34. The molecule has 0 aliphatic rings. The number of aryl methyl sites for hydroxylation is 2. The van der Waals surface area contributed by atoms with Crippen LogP contribution < -0.4 is 5.73 Å². The number of primary amides is 1. The van der Waals surface area contributed by atoms with E-state index in [4.69, 9.17) is 5.73 Å². The maximum absolute atomic E-state index is 11.3. The molecule has 0 saturated heterocycles. The van der Waals surface area contributed by atoms with E-state index in [1.807, 2.05) is 17.7 Å². The molecule has 0 aliphatic carbocycles. The van der Waals surface area contributed by atoms with Crippen molar-refractivity contribution < 1.29 is 4.79 Å². The number of carbonyl (C=O) groups is 1. The van der Waals surface area contributed by atoms with Crippen LogP contribution in [-0.2, 0) is 7.05 Å². The quantitative estimate of drug-likeness (QED) is 0.847. The Kier molecular flexibility index (Phi) is 2.69. The van der Waals surface area contributed by atoms with Crippen LogP contribution in [-0.4, -0.2) is 10.5 Å². The molecule has 0 unspecified atom stereocenters. The number of benzene rings is 1. The van der Waals surface area contributed by atoms with Crippen LogP contribution in [0, 0.1) is 6.92 Å². The van der Waals surface area contributed by atoms with E-state index >= 15 is 0 Å². The third-order valence-corrected chi connectivity index (χ3v) is 3.26. The number of amides is 1. The van der Waals surface area contributed by atoms with Crippen LogP contribution in [0.1, 0.15) is 41.4 Å². The van der Waals surface area contributed by atoms with Gasteiger partial charge in [0.2, 0.25) is 0 Å². The molecule has 3 heteroatoms. The van der Waals surface area contributed by atoms with E-state index in [-0.39, 0.29) is 5.91 Å². The summed E-state index contributed by atoms with van der Waals surface area (Å²) in [7, 11) is 1.88. The molecule has 1 amide bonds. The summed E-state index contributed by atoms with van der Waals surface area (Å²) in [6.07, 6.45) is 0. The lowest BCUT2D eigenvalue weighted by Crippen LogP contribution is -2.15. The summed E-state index contributed by atoms with van der Waals surface area (Å²) in [5.74, 6) is 0.101. The number of nitrogens with zero attached hydrogens (tertiary/aromatic N) is 1. The average Bonchev–Trinajstić information content (AvgIpc) is 2.56. The second-order valence-corrected chi connectivity index (χ2v) is 4.88. The van der Waals surface area contributed by atoms with Crippen LogP contribution in [0.2, 0.25) is 0 Å². The van der Waals surface area contributed by atoms with E-state index in [0.29, 0.717) is 11.6 Å². The van der Waals surface area contributed by atoms with Crippen molar-refractivity contribution in [2.75, 3.05) is 0 Å². The topological polar surface area (TPSA) is 48.0 Å². The van der Waals surface area contributed by atoms with Gasteiger partial charge < -0.3 is 10.3 Å². The maximum atomic E-state index is 11.3. The minimum absolute atomic E-state index is 0.380. The molecule has 0 fully saturated rings. The van der Waals surface area contributed by atoms with E-state index in [2.05, 4.69) is 32.9 Å². The molecule has 90 valence electrons. The lowest BCUT2D eigenvalue weighted by Gasteiger charge is -2.09. The zero-order valence-corrected chi connectivity index (χ0v) is 10.7. The molecule has 0 aliphatic heterocycles. The highest BCUT2D eigenvalue weighted by Crippen LogP contribution is 2.27. The molecule has 3 nitrogen and oxygen atoms in total. The Balaban J connectivity index is 2.78. The van der Waals surface area contributed by atoms with Crippen LogP contribution in [0.5, 0.6) is 0 Å². The lowest BCUT2D eigenvalue weighted by molar-refractivity contribution is 0.0993. The second kappa shape index (κ2) is 3.91. The van der Waals surface area contributed by atoms with Crippen molar-refractivity contribution in [1.29, 1.82) is 0 Å². The summed E-state index contributed by atoms with van der Waals surface area (Å²) >= 11 is 0. The van der Waals surface area contributed by atoms with Gasteiger partial charge in [0, 0.05) is 12.4 Å². The van der Waals surface area contributed by atoms with Gasteiger partial charge in [0.05, 0.1) is 5.52 Å². The van der Waals surface area contributed by atoms with E-state index < -0.39 is 0 Å². The first kappa shape index (κ1) is 11.7. The first-order valence-corrected chi connectivity index (χ1v) is 5.81. The fourth-order valence-corrected chi connectivity index (χ4v) is 2.34. The molecule has 17 heavy (non-hydrogen) atoms. The number of hydrogen-bond donors (Lipinski definition) is 1. The van der Waals surface area contributed by atoms with Crippen molar-refractivity contribution >= 4 is 16.8 Å². The molecule has 1 aromatic heterocycles. The van der Waals surface area contributed by atoms with Gasteiger partial charge in [0.25, 0.3) is 5.91 Å². The van der Waals surface area contributed by atoms with Crippen LogP contribution >= 0.6 is 0 Å². The molecular formula is C14H18N2O. The van der Waals surface area contributed by atoms with Crippen molar-refractivity contribution in [3.63, 3.8) is 0 Å². The molecule has 0 radical (unpaired) electrons. The van der Waals surface area contributed by atoms with E-state index in [1.54, 1.807) is 0 Å². The third kappa shape index (κ3) is 1.82. The second-order valence-electron chi connectivity index (χ2n) is 4.88. The van der Waals surface area contributed by atoms with Gasteiger partial charge >= 0.3 is 0 Å². The minimum atomic E-state index is -0.380. The monoisotopic (exact) mass is 230 g/mol. The normalized spacial score (nSPS) is 11.4. The number of rotatable bonds is 2. The minimum Gasteiger partial charge on any atom is -0.364 e. The summed E-state index contributed by atoms with van der Waals surface area (Å²) in [5, 5.41) is 1.09. The number of nitrogens with two attached hydrogens (primary N) is 1. The Morgan fingerprint density at radius 3 is 2.47 bits per heavy atom. The van der Waals surface area contributed by atoms with E-state index in [1.165, 1.54) is 11.1 Å². The Morgan fingerprint density at radius 2 is 1.94 bits per heavy atom. The summed E-state index contributed by atoms with van der Waals surface area (Å²) < 4.78 is 1.87. The summed E-state index contributed by atoms with van der Waals surface area (Å²) in [4.78, 5) is 11.3. The van der Waals surface area contributed by atoms with Crippen LogP contribution in [0.4, 0.5) is 0 Å². The van der Waals surface area contributed by atoms with Crippen molar-refractivity contribution in [2.45, 2.75) is 26.7 Å². The van der Waals surface area contributed by atoms with Crippen molar-refractivity contribution in [2.24, 2.45) is 12.8 Å². The molecule has 2 rings (SSSR count). The molecular weight excluding hydrogens is 212 g/mol. The predicted molar refractivity (Wildman–Crippen MR) is 70.3 cm³/mol. The van der Waals surface area contributed by atoms with E-state index in [0.717, 1.165) is 10.9 Å². The number of aromatic nitrogens is 1. The molecule has 2 N–H and O–H groups in total. The summed E-state index contributed by atoms with van der Waals surface area (Å²) in [6, 6.07) is 6.19. The van der Waals surface area contributed by atoms with Crippen molar-refractivity contribution in [3.8, 4) is 0 Å². The molecule has 0 saturated carbocycles. The number of fused-ring (bicyclic) bond motifs is 1. The third-order valence-electron chi connectivity index (χ3n) is 3.26. The SMILES string of the molecule is Cc1cc(C(C)C)cc2cc(C(N)=O)n(C)c12. The van der Waals surface area contributed by atoms with Crippen LogP contribution in [0.3, 0.4) is 0 Å². The highest BCUT2D eigenvalue weighted by Gasteiger charge is 2.13. The van der Waals surface area contributed by atoms with Gasteiger partial charge in [-0.2, -0.15) is 0 Å². The lowest BCUT2D eigenvalue weighted by atomic mass is 9.99. The Bertz CT molecular complexity index is 594. The number of hydrogen-bond acceptors (Lipinski definition) is 1. The largest absolute Gasteiger partial charge is 0.364 e. The molecule has 0 bridgehead atoms. The summed E-state index contributed by atoms with van der Waals surface area (Å²) in [5.41, 5.74) is 9.48. The Morgan fingerprint density at radius 1 is 1.29 bits per heavy atom. The maximum Gasteiger partial charge on any atom is 0.265 e. The zero-order valence-electron chi connectivity index (χ0n) is 10.7. The number of carbonyl (C=O) groups excluding carboxylic acids is 1. The van der Waals surface area contributed by atoms with Gasteiger partial charge in [-0.25, -0.2) is 0 Å². The predicted octanol–water partition coefficient (Wildman–Crippen LogP) is 2.71. The Hall–Kier alpha value is -1.77. The van der Waals surface area contributed by atoms with Gasteiger partial charge in [0.1, 0.15) is 5.69 Å². The molecule has 0 spiro atoms. The van der Waals surface area contributed by atoms with Gasteiger partial charge in [-0.05, 0) is 36.1 Å². The zero-order chi connectivity index (χ0) is 12.7. The molecule has 1 heterocycles. The molecule has 2 aromatic rings. The van der Waals surface area contributed by atoms with Gasteiger partial charge in [-0.15, -0.1) is 0 Å². The summed E-state index contributed by atoms with van der Waals surface area (Å²) in [6.45, 7) is 6.40. The van der Waals surface area contributed by atoms with Crippen LogP contribution in [0.25, 0.3) is 10.9 Å². The fraction of sp³-hybridized carbons (Fsp3) is 0.357. The standard InChI is InChI=1S/C14H18N2O/c1-8(2)10-5-9(3)13-11(6-10)7-12(14(15)17)16(13)4/h5-8H,1-4H3,(H2,15,17). The highest BCUT2D eigenvalue weighted by atomic mass is 16.1. The van der Waals surface area contributed by atoms with E-state index in [9.17, 15) is 4.79 Å². The first-order chi connectivity index (χ1) is 7.91. The van der Waals surface area contributed by atoms with Crippen molar-refractivity contribution in [1.82, 2.24) is 4.57 Å². The Labute approximate surface area is 101 Å². The van der Waals surface area contributed by atoms with Gasteiger partial charge in [0.15, 0.2) is 0 Å². The first-order valence-electron chi connectivity index (χ1n) is 5.81. The van der Waals surface area contributed by atoms with Crippen molar-refractivity contribution in [3.05, 3.63) is 35.0 Å².